The zero-order valence-electron chi connectivity index (χ0n) is 22.1. The van der Waals surface area contributed by atoms with Gasteiger partial charge in [0.2, 0.25) is 15.7 Å². The largest absolute Gasteiger partial charge is 0.493 e. The maximum Gasteiger partial charge on any atom is 0.296 e. The first-order chi connectivity index (χ1) is 18.7. The minimum Gasteiger partial charge on any atom is -0.493 e. The van der Waals surface area contributed by atoms with Crippen LogP contribution in [0.5, 0.6) is 5.88 Å². The molecule has 0 amide bonds. The topological polar surface area (TPSA) is 126 Å². The van der Waals surface area contributed by atoms with E-state index in [0.29, 0.717) is 36.2 Å². The van der Waals surface area contributed by atoms with Gasteiger partial charge in [-0.15, -0.1) is 0 Å². The van der Waals surface area contributed by atoms with Crippen LogP contribution in [-0.2, 0) is 16.3 Å². The van der Waals surface area contributed by atoms with Crippen molar-refractivity contribution in [1.82, 2.24) is 14.5 Å². The van der Waals surface area contributed by atoms with Gasteiger partial charge in [-0.25, -0.2) is 8.42 Å². The summed E-state index contributed by atoms with van der Waals surface area (Å²) >= 11 is 0. The van der Waals surface area contributed by atoms with Gasteiger partial charge in [0.1, 0.15) is 5.82 Å². The summed E-state index contributed by atoms with van der Waals surface area (Å²) in [6, 6.07) is 18.3. The van der Waals surface area contributed by atoms with Crippen molar-refractivity contribution in [2.75, 3.05) is 0 Å². The molecule has 0 spiro atoms. The SMILES string of the molecule is CCCCc1nc(=O)c(S(=O)(=O)c2ccc(-c3cccnc3C)cc2)c(O)n1C(CC)c1cccc(C#N)c1. The van der Waals surface area contributed by atoms with Gasteiger partial charge in [-0.05, 0) is 61.2 Å². The second-order valence-electron chi connectivity index (χ2n) is 9.28. The first kappa shape index (κ1) is 27.7. The van der Waals surface area contributed by atoms with E-state index in [2.05, 4.69) is 16.0 Å². The van der Waals surface area contributed by atoms with Gasteiger partial charge in [0, 0.05) is 23.9 Å². The Kier molecular flexibility index (Phi) is 8.27. The number of aryl methyl sites for hydroxylation is 2. The van der Waals surface area contributed by atoms with Crippen molar-refractivity contribution < 1.29 is 13.5 Å². The maximum atomic E-state index is 13.7. The average molecular weight is 543 g/mol. The zero-order chi connectivity index (χ0) is 28.2. The summed E-state index contributed by atoms with van der Waals surface area (Å²) in [5.74, 6) is -0.350. The van der Waals surface area contributed by atoms with Crippen molar-refractivity contribution in [2.45, 2.75) is 62.3 Å². The first-order valence-corrected chi connectivity index (χ1v) is 14.3. The van der Waals surface area contributed by atoms with Crippen molar-refractivity contribution in [3.05, 3.63) is 99.9 Å². The number of nitrogens with zero attached hydrogens (tertiary/aromatic N) is 4. The molecule has 0 fully saturated rings. The number of rotatable bonds is 9. The van der Waals surface area contributed by atoms with Gasteiger partial charge in [-0.1, -0.05) is 50.6 Å². The Bertz CT molecular complexity index is 1700. The van der Waals surface area contributed by atoms with Gasteiger partial charge >= 0.3 is 0 Å². The number of nitriles is 1. The van der Waals surface area contributed by atoms with Gasteiger partial charge in [0.15, 0.2) is 4.90 Å². The molecule has 2 heterocycles. The Morgan fingerprint density at radius 1 is 1.08 bits per heavy atom. The smallest absolute Gasteiger partial charge is 0.296 e. The van der Waals surface area contributed by atoms with E-state index < -0.39 is 32.2 Å². The lowest BCUT2D eigenvalue weighted by Gasteiger charge is -2.25. The third kappa shape index (κ3) is 5.47. The van der Waals surface area contributed by atoms with Crippen molar-refractivity contribution in [3.8, 4) is 23.1 Å². The molecule has 39 heavy (non-hydrogen) atoms. The van der Waals surface area contributed by atoms with Gasteiger partial charge in [0.05, 0.1) is 22.6 Å². The van der Waals surface area contributed by atoms with Crippen LogP contribution in [0.3, 0.4) is 0 Å². The van der Waals surface area contributed by atoms with Gasteiger partial charge in [-0.2, -0.15) is 10.2 Å². The molecule has 200 valence electrons. The third-order valence-electron chi connectivity index (χ3n) is 6.74. The Labute approximate surface area is 228 Å². The fourth-order valence-corrected chi connectivity index (χ4v) is 6.07. The van der Waals surface area contributed by atoms with E-state index in [0.717, 1.165) is 23.2 Å². The van der Waals surface area contributed by atoms with Crippen molar-refractivity contribution in [2.24, 2.45) is 0 Å². The van der Waals surface area contributed by atoms with Crippen LogP contribution in [0.4, 0.5) is 0 Å². The molecule has 2 aromatic heterocycles. The first-order valence-electron chi connectivity index (χ1n) is 12.8. The Morgan fingerprint density at radius 2 is 1.82 bits per heavy atom. The minimum atomic E-state index is -4.42. The van der Waals surface area contributed by atoms with E-state index in [9.17, 15) is 23.6 Å². The number of hydrogen-bond acceptors (Lipinski definition) is 7. The number of hydrogen-bond donors (Lipinski definition) is 1. The molecular weight excluding hydrogens is 512 g/mol. The summed E-state index contributed by atoms with van der Waals surface area (Å²) in [6.07, 6.45) is 4.04. The van der Waals surface area contributed by atoms with E-state index in [-0.39, 0.29) is 4.90 Å². The normalized spacial score (nSPS) is 12.2. The van der Waals surface area contributed by atoms with Crippen LogP contribution < -0.4 is 5.56 Å². The molecule has 2 aromatic carbocycles. The fraction of sp³-hybridized carbons (Fsp3) is 0.267. The minimum absolute atomic E-state index is 0.130. The second-order valence-corrected chi connectivity index (χ2v) is 11.2. The van der Waals surface area contributed by atoms with Crippen LogP contribution in [0.2, 0.25) is 0 Å². The average Bonchev–Trinajstić information content (AvgIpc) is 2.94. The molecule has 0 saturated carbocycles. The zero-order valence-corrected chi connectivity index (χ0v) is 22.9. The van der Waals surface area contributed by atoms with Crippen molar-refractivity contribution >= 4 is 9.84 Å². The standard InChI is InChI=1S/C30H30N4O4S/c1-4-6-12-27-33-29(35)28(30(36)34(27)26(5-2)23-10-7-9-21(18-23)19-31)39(37,38)24-15-13-22(14-16-24)25-11-8-17-32-20(25)3/h7-11,13-18,26,36H,4-6,12H2,1-3H3. The molecule has 1 atom stereocenters. The van der Waals surface area contributed by atoms with Crippen LogP contribution in [0.1, 0.15) is 61.8 Å². The number of benzene rings is 2. The van der Waals surface area contributed by atoms with Crippen molar-refractivity contribution in [1.29, 1.82) is 5.26 Å². The lowest BCUT2D eigenvalue weighted by atomic mass is 10.0. The van der Waals surface area contributed by atoms with E-state index >= 15 is 0 Å². The monoisotopic (exact) mass is 542 g/mol. The molecule has 0 aliphatic rings. The molecule has 0 radical (unpaired) electrons. The maximum absolute atomic E-state index is 13.7. The number of sulfone groups is 1. The highest BCUT2D eigenvalue weighted by molar-refractivity contribution is 7.91. The van der Waals surface area contributed by atoms with Crippen LogP contribution in [0, 0.1) is 18.3 Å². The second kappa shape index (κ2) is 11.6. The highest BCUT2D eigenvalue weighted by Gasteiger charge is 2.32. The molecule has 9 heteroatoms. The summed E-state index contributed by atoms with van der Waals surface area (Å²) in [5, 5.41) is 20.9. The number of aromatic hydroxyl groups is 1. The van der Waals surface area contributed by atoms with E-state index in [1.807, 2.05) is 32.9 Å². The van der Waals surface area contributed by atoms with E-state index in [1.165, 1.54) is 16.7 Å². The Morgan fingerprint density at radius 3 is 2.46 bits per heavy atom. The lowest BCUT2D eigenvalue weighted by Crippen LogP contribution is -2.27. The molecule has 1 unspecified atom stereocenters. The van der Waals surface area contributed by atoms with Gasteiger partial charge in [-0.3, -0.25) is 14.3 Å². The highest BCUT2D eigenvalue weighted by atomic mass is 32.2. The third-order valence-corrected chi connectivity index (χ3v) is 8.53. The van der Waals surface area contributed by atoms with Crippen LogP contribution >= 0.6 is 0 Å². The molecule has 8 nitrogen and oxygen atoms in total. The number of aromatic nitrogens is 3. The molecule has 0 aliphatic heterocycles. The number of pyridine rings is 1. The van der Waals surface area contributed by atoms with Gasteiger partial charge < -0.3 is 5.11 Å². The summed E-state index contributed by atoms with van der Waals surface area (Å²) in [4.78, 5) is 20.7. The van der Waals surface area contributed by atoms with Crippen LogP contribution in [0.15, 0.2) is 81.4 Å². The predicted octanol–water partition coefficient (Wildman–Crippen LogP) is 5.37. The quantitative estimate of drug-likeness (QED) is 0.301. The Balaban J connectivity index is 1.88. The van der Waals surface area contributed by atoms with E-state index in [1.54, 1.807) is 42.6 Å². The molecular formula is C30H30N4O4S. The Hall–Kier alpha value is -4.29. The van der Waals surface area contributed by atoms with Crippen LogP contribution in [-0.4, -0.2) is 28.1 Å². The summed E-state index contributed by atoms with van der Waals surface area (Å²) in [7, 11) is -4.42. The molecule has 1 N–H and O–H groups in total. The molecule has 0 aliphatic carbocycles. The number of unbranched alkanes of at least 4 members (excludes halogenated alkanes) is 1. The molecule has 0 bridgehead atoms. The molecule has 0 saturated heterocycles. The fourth-order valence-electron chi connectivity index (χ4n) is 4.73. The molecule has 4 aromatic rings. The van der Waals surface area contributed by atoms with Crippen LogP contribution in [0.25, 0.3) is 11.1 Å². The van der Waals surface area contributed by atoms with E-state index in [4.69, 9.17) is 0 Å². The summed E-state index contributed by atoms with van der Waals surface area (Å²) in [6.45, 7) is 5.74. The summed E-state index contributed by atoms with van der Waals surface area (Å²) in [5.41, 5.74) is 2.58. The summed E-state index contributed by atoms with van der Waals surface area (Å²) < 4.78 is 28.9. The van der Waals surface area contributed by atoms with Crippen molar-refractivity contribution in [3.63, 3.8) is 0 Å². The van der Waals surface area contributed by atoms with Gasteiger partial charge in [0.25, 0.3) is 5.56 Å². The highest BCUT2D eigenvalue weighted by Crippen LogP contribution is 2.34. The lowest BCUT2D eigenvalue weighted by molar-refractivity contribution is 0.358. The molecule has 4 rings (SSSR count). The predicted molar refractivity (Wildman–Crippen MR) is 148 cm³/mol.